The number of nitro groups is 1. The van der Waals surface area contributed by atoms with Crippen molar-refractivity contribution in [3.8, 4) is 0 Å². The molecule has 0 aliphatic carbocycles. The summed E-state index contributed by atoms with van der Waals surface area (Å²) in [5.41, 5.74) is 1.29. The van der Waals surface area contributed by atoms with Crippen LogP contribution in [-0.4, -0.2) is 25.9 Å². The average Bonchev–Trinajstić information content (AvgIpc) is 3.09. The molecular weight excluding hydrogens is 324 g/mol. The number of hydrogen-bond acceptors (Lipinski definition) is 6. The summed E-state index contributed by atoms with van der Waals surface area (Å²) in [5, 5.41) is 18.6. The van der Waals surface area contributed by atoms with Gasteiger partial charge in [0.2, 0.25) is 0 Å². The van der Waals surface area contributed by atoms with Crippen LogP contribution in [0.1, 0.15) is 21.6 Å². The third-order valence-corrected chi connectivity index (χ3v) is 3.48. The number of hydrogen-bond donors (Lipinski definition) is 0. The molecule has 126 valence electrons. The summed E-state index contributed by atoms with van der Waals surface area (Å²) in [6, 6.07) is 15.7. The lowest BCUT2D eigenvalue weighted by atomic mass is 10.2. The number of carbonyl (C=O) groups is 1. The van der Waals surface area contributed by atoms with Crippen molar-refractivity contribution in [2.45, 2.75) is 13.2 Å². The van der Waals surface area contributed by atoms with Crippen LogP contribution in [0.2, 0.25) is 0 Å². The minimum Gasteiger partial charge on any atom is -0.456 e. The Morgan fingerprint density at radius 3 is 2.60 bits per heavy atom. The van der Waals surface area contributed by atoms with Crippen LogP contribution in [0.4, 0.5) is 5.69 Å². The van der Waals surface area contributed by atoms with Crippen LogP contribution in [0.5, 0.6) is 0 Å². The van der Waals surface area contributed by atoms with E-state index in [-0.39, 0.29) is 18.0 Å². The van der Waals surface area contributed by atoms with E-state index >= 15 is 0 Å². The Labute approximate surface area is 142 Å². The number of aromatic nitrogens is 3. The number of para-hydroxylation sites is 1. The molecule has 0 atom stereocenters. The molecule has 0 aliphatic rings. The second-order valence-corrected chi connectivity index (χ2v) is 5.25. The fourth-order valence-corrected chi connectivity index (χ4v) is 2.27. The van der Waals surface area contributed by atoms with Crippen LogP contribution in [0.3, 0.4) is 0 Å². The van der Waals surface area contributed by atoms with Crippen molar-refractivity contribution in [1.82, 2.24) is 15.0 Å². The first-order valence-electron chi connectivity index (χ1n) is 7.47. The molecule has 1 aromatic heterocycles. The fourth-order valence-electron chi connectivity index (χ4n) is 2.27. The van der Waals surface area contributed by atoms with E-state index in [1.54, 1.807) is 12.1 Å². The van der Waals surface area contributed by atoms with E-state index < -0.39 is 10.9 Å². The van der Waals surface area contributed by atoms with Gasteiger partial charge in [-0.05, 0) is 11.6 Å². The van der Waals surface area contributed by atoms with E-state index in [2.05, 4.69) is 10.3 Å². The maximum Gasteiger partial charge on any atom is 0.360 e. The molecule has 0 unspecified atom stereocenters. The predicted molar refractivity (Wildman–Crippen MR) is 87.8 cm³/mol. The van der Waals surface area contributed by atoms with E-state index in [9.17, 15) is 14.9 Å². The second kappa shape index (κ2) is 7.35. The maximum atomic E-state index is 12.1. The smallest absolute Gasteiger partial charge is 0.360 e. The van der Waals surface area contributed by atoms with Crippen molar-refractivity contribution >= 4 is 11.7 Å². The average molecular weight is 338 g/mol. The zero-order valence-corrected chi connectivity index (χ0v) is 13.1. The molecule has 0 spiro atoms. The minimum absolute atomic E-state index is 0.0505. The Balaban J connectivity index is 1.64. The lowest BCUT2D eigenvalue weighted by Crippen LogP contribution is -2.07. The van der Waals surface area contributed by atoms with Gasteiger partial charge in [0.25, 0.3) is 5.69 Å². The van der Waals surface area contributed by atoms with Crippen LogP contribution >= 0.6 is 0 Å². The van der Waals surface area contributed by atoms with Crippen molar-refractivity contribution in [3.63, 3.8) is 0 Å². The van der Waals surface area contributed by atoms with Gasteiger partial charge in [0.05, 0.1) is 23.2 Å². The zero-order valence-electron chi connectivity index (χ0n) is 13.1. The summed E-state index contributed by atoms with van der Waals surface area (Å²) in [6.07, 6.45) is 1.48. The Morgan fingerprint density at radius 1 is 1.12 bits per heavy atom. The van der Waals surface area contributed by atoms with E-state index in [0.717, 1.165) is 5.56 Å². The van der Waals surface area contributed by atoms with E-state index in [4.69, 9.17) is 4.74 Å². The molecule has 0 amide bonds. The van der Waals surface area contributed by atoms with Gasteiger partial charge in [0, 0.05) is 6.07 Å². The molecule has 3 aromatic rings. The third-order valence-electron chi connectivity index (χ3n) is 3.48. The second-order valence-electron chi connectivity index (χ2n) is 5.25. The molecule has 0 fully saturated rings. The SMILES string of the molecule is O=C(OCc1ccccc1[N+](=O)[O-])c1cn(Cc2ccccc2)nn1. The highest BCUT2D eigenvalue weighted by atomic mass is 16.6. The fraction of sp³-hybridized carbons (Fsp3) is 0.118. The van der Waals surface area contributed by atoms with Gasteiger partial charge in [-0.1, -0.05) is 47.7 Å². The molecule has 0 saturated heterocycles. The summed E-state index contributed by atoms with van der Waals surface area (Å²) in [5.74, 6) is -0.683. The number of esters is 1. The van der Waals surface area contributed by atoms with Crippen LogP contribution in [-0.2, 0) is 17.9 Å². The normalized spacial score (nSPS) is 10.4. The van der Waals surface area contributed by atoms with Crippen molar-refractivity contribution in [2.75, 3.05) is 0 Å². The number of benzene rings is 2. The molecule has 0 saturated carbocycles. The summed E-state index contributed by atoms with van der Waals surface area (Å²) in [7, 11) is 0. The minimum atomic E-state index is -0.683. The number of nitrogens with zero attached hydrogens (tertiary/aromatic N) is 4. The van der Waals surface area contributed by atoms with Crippen molar-refractivity contribution < 1.29 is 14.5 Å². The highest BCUT2D eigenvalue weighted by Gasteiger charge is 2.17. The Hall–Kier alpha value is -3.55. The van der Waals surface area contributed by atoms with E-state index in [1.807, 2.05) is 30.3 Å². The Kier molecular flexibility index (Phi) is 4.79. The van der Waals surface area contributed by atoms with Gasteiger partial charge in [-0.25, -0.2) is 9.48 Å². The number of ether oxygens (including phenoxy) is 1. The number of rotatable bonds is 6. The third kappa shape index (κ3) is 4.05. The zero-order chi connectivity index (χ0) is 17.6. The summed E-state index contributed by atoms with van der Waals surface area (Å²) in [4.78, 5) is 22.5. The molecule has 0 bridgehead atoms. The van der Waals surface area contributed by atoms with Gasteiger partial charge in [-0.15, -0.1) is 5.10 Å². The van der Waals surface area contributed by atoms with E-state index in [1.165, 1.54) is 23.0 Å². The molecule has 8 heteroatoms. The van der Waals surface area contributed by atoms with Crippen molar-refractivity contribution in [2.24, 2.45) is 0 Å². The van der Waals surface area contributed by atoms with Crippen molar-refractivity contribution in [1.29, 1.82) is 0 Å². The summed E-state index contributed by atoms with van der Waals surface area (Å²) >= 11 is 0. The van der Waals surface area contributed by atoms with Gasteiger partial charge >= 0.3 is 5.97 Å². The van der Waals surface area contributed by atoms with Crippen LogP contribution in [0.15, 0.2) is 60.8 Å². The first kappa shape index (κ1) is 16.3. The molecule has 0 radical (unpaired) electrons. The molecule has 25 heavy (non-hydrogen) atoms. The topological polar surface area (TPSA) is 100 Å². The molecular formula is C17H14N4O4. The Morgan fingerprint density at radius 2 is 1.84 bits per heavy atom. The van der Waals surface area contributed by atoms with Crippen molar-refractivity contribution in [3.05, 3.63) is 87.7 Å². The lowest BCUT2D eigenvalue weighted by Gasteiger charge is -2.03. The monoisotopic (exact) mass is 338 g/mol. The quantitative estimate of drug-likeness (QED) is 0.389. The number of carbonyl (C=O) groups excluding carboxylic acids is 1. The summed E-state index contributed by atoms with van der Waals surface area (Å²) in [6.45, 7) is 0.271. The van der Waals surface area contributed by atoms with E-state index in [0.29, 0.717) is 12.1 Å². The van der Waals surface area contributed by atoms with Gasteiger partial charge in [0.15, 0.2) is 5.69 Å². The summed E-state index contributed by atoms with van der Waals surface area (Å²) < 4.78 is 6.63. The molecule has 1 heterocycles. The highest BCUT2D eigenvalue weighted by Crippen LogP contribution is 2.18. The molecule has 0 aliphatic heterocycles. The number of nitro benzene ring substituents is 1. The Bertz CT molecular complexity index is 892. The van der Waals surface area contributed by atoms with Gasteiger partial charge in [-0.3, -0.25) is 10.1 Å². The highest BCUT2D eigenvalue weighted by molar-refractivity contribution is 5.86. The maximum absolute atomic E-state index is 12.1. The molecule has 2 aromatic carbocycles. The van der Waals surface area contributed by atoms with Crippen LogP contribution in [0, 0.1) is 10.1 Å². The largest absolute Gasteiger partial charge is 0.456 e. The standard InChI is InChI=1S/C17H14N4O4/c22-17(25-12-14-8-4-5-9-16(14)21(23)24)15-11-20(19-18-15)10-13-6-2-1-3-7-13/h1-9,11H,10,12H2. The van der Waals surface area contributed by atoms with Gasteiger partial charge in [0.1, 0.15) is 6.61 Å². The predicted octanol–water partition coefficient (Wildman–Crippen LogP) is 2.59. The first-order chi connectivity index (χ1) is 12.1. The first-order valence-corrected chi connectivity index (χ1v) is 7.47. The van der Waals surface area contributed by atoms with Gasteiger partial charge in [-0.2, -0.15) is 0 Å². The van der Waals surface area contributed by atoms with Crippen LogP contribution < -0.4 is 0 Å². The molecule has 8 nitrogen and oxygen atoms in total. The lowest BCUT2D eigenvalue weighted by molar-refractivity contribution is -0.385. The molecule has 3 rings (SSSR count). The van der Waals surface area contributed by atoms with Crippen LogP contribution in [0.25, 0.3) is 0 Å². The van der Waals surface area contributed by atoms with Gasteiger partial charge < -0.3 is 4.74 Å². The molecule has 0 N–H and O–H groups in total.